The smallest absolute Gasteiger partial charge is 0.316 e. The first-order chi connectivity index (χ1) is 4.00. The van der Waals surface area contributed by atoms with Gasteiger partial charge in [-0.2, -0.15) is 0 Å². The van der Waals surface area contributed by atoms with Crippen LogP contribution in [-0.2, 0) is 9.13 Å². The molecular formula is H14AlCaKMgO8P2. The van der Waals surface area contributed by atoms with Crippen molar-refractivity contribution < 1.29 is 38.5 Å². The maximum Gasteiger partial charge on any atom is 0.316 e. The third kappa shape index (κ3) is 200. The molecule has 0 amide bonds. The predicted octanol–water partition coefficient (Wildman–Crippen LogP) is -5.52. The molecule has 0 unspecified atom stereocenters. The van der Waals surface area contributed by atoms with Gasteiger partial charge in [-0.05, 0) is 0 Å². The summed E-state index contributed by atoms with van der Waals surface area (Å²) in [6.07, 6.45) is 0. The summed E-state index contributed by atoms with van der Waals surface area (Å²) in [4.78, 5) is 43.1. The van der Waals surface area contributed by atoms with Gasteiger partial charge in [0.05, 0.1) is 0 Å². The molecule has 14 heteroatoms. The summed E-state index contributed by atoms with van der Waals surface area (Å²) >= 11 is 0. The molecule has 0 aromatic rings. The van der Waals surface area contributed by atoms with E-state index in [1.54, 1.807) is 0 Å². The maximum atomic E-state index is 8.88. The van der Waals surface area contributed by atoms with E-state index in [1.165, 1.54) is 0 Å². The molecule has 0 rings (SSSR count). The van der Waals surface area contributed by atoms with Crippen LogP contribution in [0.3, 0.4) is 0 Å². The van der Waals surface area contributed by atoms with Crippen molar-refractivity contribution in [2.45, 2.75) is 0 Å². The molecule has 0 aliphatic heterocycles. The second-order valence-corrected chi connectivity index (χ2v) is 3.08. The quantitative estimate of drug-likeness (QED) is 0.189. The molecule has 0 saturated heterocycles. The Morgan fingerprint density at radius 3 is 0.714 bits per heavy atom. The Morgan fingerprint density at radius 2 is 0.714 bits per heavy atom. The van der Waals surface area contributed by atoms with E-state index in [0.29, 0.717) is 0 Å². The van der Waals surface area contributed by atoms with Crippen LogP contribution in [0, 0.1) is 0 Å². The van der Waals surface area contributed by atoms with Crippen molar-refractivity contribution >= 4 is 145 Å². The zero-order chi connectivity index (χ0) is 9.00. The first kappa shape index (κ1) is 36.2. The summed E-state index contributed by atoms with van der Waals surface area (Å²) < 4.78 is 17.8. The van der Waals surface area contributed by atoms with Gasteiger partial charge in [-0.15, -0.1) is 0 Å². The molecule has 0 radical (unpaired) electrons. The first-order valence-electron chi connectivity index (χ1n) is 1.57. The van der Waals surface area contributed by atoms with Gasteiger partial charge in [-0.25, -0.2) is 9.13 Å². The van der Waals surface area contributed by atoms with E-state index < -0.39 is 15.6 Å². The second-order valence-electron chi connectivity index (χ2n) is 1.03. The standard InChI is InChI=1S/Al.Ca.K.Mg.2H3O4P.8H/c;;;;2*1-5(2,3)4;;;;;;;;/h;;;;2*(H3,1,2,3,4);;;;;;;;. The summed E-state index contributed by atoms with van der Waals surface area (Å²) in [5, 5.41) is 0. The monoisotopic (exact) mass is 334 g/mol. The molecule has 0 fully saturated rings. The molecular weight excluding hydrogens is 320 g/mol. The second kappa shape index (κ2) is 17.4. The van der Waals surface area contributed by atoms with E-state index in [0.717, 1.165) is 0 Å². The van der Waals surface area contributed by atoms with Gasteiger partial charge in [0, 0.05) is 0 Å². The van der Waals surface area contributed by atoms with E-state index in [4.69, 9.17) is 38.5 Å². The van der Waals surface area contributed by atoms with Crippen LogP contribution in [0.4, 0.5) is 0 Å². The van der Waals surface area contributed by atoms with Gasteiger partial charge in [-0.3, -0.25) is 0 Å². The fourth-order valence-corrected chi connectivity index (χ4v) is 0. The van der Waals surface area contributed by atoms with Crippen LogP contribution in [0.15, 0.2) is 0 Å². The minimum atomic E-state index is -4.64. The van der Waals surface area contributed by atoms with Gasteiger partial charge < -0.3 is 29.4 Å². The predicted molar refractivity (Wildman–Crippen MR) is 62.7 cm³/mol. The number of phosphoric acid groups is 2. The Bertz CT molecular complexity index is 140. The molecule has 0 saturated carbocycles. The van der Waals surface area contributed by atoms with Crippen molar-refractivity contribution in [3.63, 3.8) is 0 Å². The summed E-state index contributed by atoms with van der Waals surface area (Å²) in [5.74, 6) is 0. The molecule has 6 N–H and O–H groups in total. The van der Waals surface area contributed by atoms with Crippen LogP contribution in [0.1, 0.15) is 0 Å². The summed E-state index contributed by atoms with van der Waals surface area (Å²) in [6.45, 7) is 0. The number of rotatable bonds is 0. The first-order valence-corrected chi connectivity index (χ1v) is 4.70. The molecule has 80 valence electrons. The minimum Gasteiger partial charge on any atom is 0.316 e. The van der Waals surface area contributed by atoms with Crippen LogP contribution >= 0.6 is 15.6 Å². The van der Waals surface area contributed by atoms with Gasteiger partial charge in [0.25, 0.3) is 0 Å². The topological polar surface area (TPSA) is 156 Å². The third-order valence-electron chi connectivity index (χ3n) is 0. The normalized spacial score (nSPS) is 8.43. The van der Waals surface area contributed by atoms with E-state index in [2.05, 4.69) is 0 Å². The van der Waals surface area contributed by atoms with Gasteiger partial charge in [-0.1, -0.05) is 0 Å². The molecule has 0 aliphatic carbocycles. The Labute approximate surface area is 179 Å². The van der Waals surface area contributed by atoms with Crippen molar-refractivity contribution in [3.8, 4) is 0 Å². The molecule has 0 spiro atoms. The summed E-state index contributed by atoms with van der Waals surface area (Å²) in [6, 6.07) is 0. The molecule has 14 heavy (non-hydrogen) atoms. The average molecular weight is 335 g/mol. The number of hydrogen-bond donors (Lipinski definition) is 6. The zero-order valence-corrected chi connectivity index (χ0v) is 6.18. The molecule has 0 aromatic carbocycles. The SMILES string of the molecule is O=P(O)(O)O.O=P(O)(O)O.[AlH3].[CaH2].[KH].[MgH2]. The summed E-state index contributed by atoms with van der Waals surface area (Å²) in [5.41, 5.74) is 0. The average Bonchev–Trinajstić information content (AvgIpc) is 1.12. The number of hydrogen-bond acceptors (Lipinski definition) is 2. The molecule has 8 nitrogen and oxygen atoms in total. The van der Waals surface area contributed by atoms with Gasteiger partial charge >= 0.3 is 128 Å². The van der Waals surface area contributed by atoms with Gasteiger partial charge in [0.1, 0.15) is 0 Å². The molecule has 0 heterocycles. The fourth-order valence-electron chi connectivity index (χ4n) is 0. The Morgan fingerprint density at radius 1 is 0.714 bits per heavy atom. The molecule has 0 atom stereocenters. The zero-order valence-electron chi connectivity index (χ0n) is 4.39. The van der Waals surface area contributed by atoms with Crippen LogP contribution in [0.5, 0.6) is 0 Å². The van der Waals surface area contributed by atoms with Crippen molar-refractivity contribution in [2.24, 2.45) is 0 Å². The van der Waals surface area contributed by atoms with Crippen molar-refractivity contribution in [3.05, 3.63) is 0 Å². The Kier molecular flexibility index (Phi) is 45.1. The van der Waals surface area contributed by atoms with Crippen molar-refractivity contribution in [1.29, 1.82) is 0 Å². The van der Waals surface area contributed by atoms with Crippen LogP contribution < -0.4 is 0 Å². The van der Waals surface area contributed by atoms with E-state index in [-0.39, 0.29) is 130 Å². The maximum absolute atomic E-state index is 8.88. The van der Waals surface area contributed by atoms with Crippen molar-refractivity contribution in [1.82, 2.24) is 0 Å². The van der Waals surface area contributed by atoms with E-state index in [9.17, 15) is 0 Å². The van der Waals surface area contributed by atoms with E-state index in [1.807, 2.05) is 0 Å². The van der Waals surface area contributed by atoms with Crippen LogP contribution in [0.2, 0.25) is 0 Å². The van der Waals surface area contributed by atoms with Crippen LogP contribution in [-0.4, -0.2) is 159 Å². The Hall–Kier alpha value is 4.41. The molecule has 0 aliphatic rings. The minimum absolute atomic E-state index is 0. The largest absolute Gasteiger partial charge is 0.316 e. The molecule has 0 aromatic heterocycles. The summed E-state index contributed by atoms with van der Waals surface area (Å²) in [7, 11) is -9.28. The van der Waals surface area contributed by atoms with Gasteiger partial charge in [0.15, 0.2) is 17.4 Å². The fraction of sp³-hybridized carbons (Fsp3) is 0. The molecule has 0 bridgehead atoms. The van der Waals surface area contributed by atoms with E-state index >= 15 is 0 Å². The Balaban J connectivity index is -0.0000000178. The van der Waals surface area contributed by atoms with Crippen LogP contribution in [0.25, 0.3) is 0 Å². The van der Waals surface area contributed by atoms with Crippen molar-refractivity contribution in [2.75, 3.05) is 0 Å². The van der Waals surface area contributed by atoms with Gasteiger partial charge in [0.2, 0.25) is 0 Å². The third-order valence-corrected chi connectivity index (χ3v) is 0.